The van der Waals surface area contributed by atoms with Gasteiger partial charge >= 0.3 is 0 Å². The number of hydrogen-bond acceptors (Lipinski definition) is 3. The first-order valence-electron chi connectivity index (χ1n) is 6.23. The first-order chi connectivity index (χ1) is 9.20. The Balaban J connectivity index is 2.13. The summed E-state index contributed by atoms with van der Waals surface area (Å²) in [6, 6.07) is 4.84. The van der Waals surface area contributed by atoms with Crippen LogP contribution in [0.5, 0.6) is 0 Å². The normalized spacial score (nSPS) is 12.6. The maximum Gasteiger partial charge on any atom is 0.142 e. The van der Waals surface area contributed by atoms with Gasteiger partial charge in [-0.05, 0) is 37.1 Å². The van der Waals surface area contributed by atoms with Crippen LogP contribution in [0.15, 0.2) is 24.5 Å². The second-order valence-electron chi connectivity index (χ2n) is 4.33. The molecule has 0 fully saturated rings. The van der Waals surface area contributed by atoms with Crippen molar-refractivity contribution in [2.45, 2.75) is 25.8 Å². The van der Waals surface area contributed by atoms with E-state index in [9.17, 15) is 4.39 Å². The molecule has 0 aliphatic carbocycles. The van der Waals surface area contributed by atoms with Crippen LogP contribution >= 0.6 is 11.6 Å². The van der Waals surface area contributed by atoms with Crippen molar-refractivity contribution in [3.63, 3.8) is 0 Å². The summed E-state index contributed by atoms with van der Waals surface area (Å²) in [5, 5.41) is 10.2. The SMILES string of the molecule is CCCNC(Cc1ccc(Cl)c(F)c1)c1ncn[nH]1. The zero-order valence-electron chi connectivity index (χ0n) is 10.7. The van der Waals surface area contributed by atoms with Crippen LogP contribution < -0.4 is 5.32 Å². The number of halogens is 2. The van der Waals surface area contributed by atoms with Crippen LogP contribution in [-0.2, 0) is 6.42 Å². The Bertz CT molecular complexity index is 515. The molecule has 1 aromatic carbocycles. The van der Waals surface area contributed by atoms with Gasteiger partial charge in [0.15, 0.2) is 0 Å². The van der Waals surface area contributed by atoms with E-state index in [0.29, 0.717) is 6.42 Å². The van der Waals surface area contributed by atoms with Crippen molar-refractivity contribution in [1.82, 2.24) is 20.5 Å². The molecule has 1 heterocycles. The van der Waals surface area contributed by atoms with Gasteiger partial charge in [-0.25, -0.2) is 9.37 Å². The predicted octanol–water partition coefficient (Wildman–Crippen LogP) is 2.88. The maximum absolute atomic E-state index is 13.4. The van der Waals surface area contributed by atoms with Gasteiger partial charge in [-0.2, -0.15) is 5.10 Å². The third kappa shape index (κ3) is 3.75. The number of nitrogens with zero attached hydrogens (tertiary/aromatic N) is 2. The summed E-state index contributed by atoms with van der Waals surface area (Å²) in [5.41, 5.74) is 0.868. The van der Waals surface area contributed by atoms with Crippen LogP contribution in [0.4, 0.5) is 4.39 Å². The van der Waals surface area contributed by atoms with Gasteiger partial charge < -0.3 is 5.32 Å². The molecular weight excluding hydrogens is 267 g/mol. The zero-order valence-corrected chi connectivity index (χ0v) is 11.4. The molecule has 0 saturated carbocycles. The van der Waals surface area contributed by atoms with Crippen molar-refractivity contribution < 1.29 is 4.39 Å². The Labute approximate surface area is 116 Å². The molecule has 1 atom stereocenters. The lowest BCUT2D eigenvalue weighted by molar-refractivity contribution is 0.504. The second-order valence-corrected chi connectivity index (χ2v) is 4.74. The van der Waals surface area contributed by atoms with Crippen LogP contribution in [-0.4, -0.2) is 21.7 Å². The van der Waals surface area contributed by atoms with Gasteiger partial charge in [-0.15, -0.1) is 0 Å². The summed E-state index contributed by atoms with van der Waals surface area (Å²) in [4.78, 5) is 4.16. The van der Waals surface area contributed by atoms with Crippen molar-refractivity contribution in [1.29, 1.82) is 0 Å². The minimum absolute atomic E-state index is 0.0111. The molecule has 0 aliphatic heterocycles. The van der Waals surface area contributed by atoms with E-state index in [4.69, 9.17) is 11.6 Å². The van der Waals surface area contributed by atoms with Crippen molar-refractivity contribution in [2.75, 3.05) is 6.54 Å². The number of H-pyrrole nitrogens is 1. The van der Waals surface area contributed by atoms with Gasteiger partial charge in [0.1, 0.15) is 18.0 Å². The Morgan fingerprint density at radius 1 is 1.47 bits per heavy atom. The van der Waals surface area contributed by atoms with E-state index < -0.39 is 5.82 Å². The molecule has 4 nitrogen and oxygen atoms in total. The second kappa shape index (κ2) is 6.63. The Morgan fingerprint density at radius 2 is 2.32 bits per heavy atom. The largest absolute Gasteiger partial charge is 0.307 e. The van der Waals surface area contributed by atoms with Gasteiger partial charge in [-0.3, -0.25) is 5.10 Å². The van der Waals surface area contributed by atoms with E-state index in [0.717, 1.165) is 24.4 Å². The van der Waals surface area contributed by atoms with Gasteiger partial charge in [0, 0.05) is 0 Å². The monoisotopic (exact) mass is 282 g/mol. The molecular formula is C13H16ClFN4. The summed E-state index contributed by atoms with van der Waals surface area (Å²) >= 11 is 5.68. The smallest absolute Gasteiger partial charge is 0.142 e. The lowest BCUT2D eigenvalue weighted by Gasteiger charge is -2.16. The minimum atomic E-state index is -0.397. The van der Waals surface area contributed by atoms with E-state index >= 15 is 0 Å². The minimum Gasteiger partial charge on any atom is -0.307 e. The number of aromatic amines is 1. The van der Waals surface area contributed by atoms with E-state index in [2.05, 4.69) is 27.4 Å². The van der Waals surface area contributed by atoms with E-state index in [1.54, 1.807) is 6.07 Å². The number of nitrogens with one attached hydrogen (secondary N) is 2. The Morgan fingerprint density at radius 3 is 2.95 bits per heavy atom. The topological polar surface area (TPSA) is 53.6 Å². The molecule has 19 heavy (non-hydrogen) atoms. The summed E-state index contributed by atoms with van der Waals surface area (Å²) in [6.07, 6.45) is 3.11. The van der Waals surface area contributed by atoms with Crippen LogP contribution in [0.2, 0.25) is 5.02 Å². The molecule has 102 valence electrons. The van der Waals surface area contributed by atoms with Gasteiger partial charge in [-0.1, -0.05) is 24.6 Å². The molecule has 2 rings (SSSR count). The van der Waals surface area contributed by atoms with Gasteiger partial charge in [0.25, 0.3) is 0 Å². The highest BCUT2D eigenvalue weighted by Crippen LogP contribution is 2.20. The van der Waals surface area contributed by atoms with Crippen LogP contribution in [0.1, 0.15) is 30.8 Å². The van der Waals surface area contributed by atoms with E-state index in [1.165, 1.54) is 12.4 Å². The molecule has 1 aromatic heterocycles. The highest BCUT2D eigenvalue weighted by Gasteiger charge is 2.15. The quantitative estimate of drug-likeness (QED) is 0.856. The third-order valence-electron chi connectivity index (χ3n) is 2.83. The fourth-order valence-electron chi connectivity index (χ4n) is 1.87. The molecule has 2 N–H and O–H groups in total. The summed E-state index contributed by atoms with van der Waals surface area (Å²) in [7, 11) is 0. The molecule has 0 aliphatic rings. The molecule has 0 bridgehead atoms. The molecule has 0 radical (unpaired) electrons. The van der Waals surface area contributed by atoms with Crippen LogP contribution in [0.25, 0.3) is 0 Å². The average Bonchev–Trinajstić information content (AvgIpc) is 2.92. The lowest BCUT2D eigenvalue weighted by Crippen LogP contribution is -2.25. The zero-order chi connectivity index (χ0) is 13.7. The molecule has 0 amide bonds. The fraction of sp³-hybridized carbons (Fsp3) is 0.385. The third-order valence-corrected chi connectivity index (χ3v) is 3.13. The highest BCUT2D eigenvalue weighted by molar-refractivity contribution is 6.30. The molecule has 6 heteroatoms. The van der Waals surface area contributed by atoms with E-state index in [1.807, 2.05) is 6.07 Å². The van der Waals surface area contributed by atoms with Crippen molar-refractivity contribution in [3.05, 3.63) is 46.8 Å². The van der Waals surface area contributed by atoms with E-state index in [-0.39, 0.29) is 11.1 Å². The maximum atomic E-state index is 13.4. The average molecular weight is 283 g/mol. The molecule has 1 unspecified atom stereocenters. The van der Waals surface area contributed by atoms with Crippen LogP contribution in [0.3, 0.4) is 0 Å². The molecule has 0 spiro atoms. The summed E-state index contributed by atoms with van der Waals surface area (Å²) in [5.74, 6) is 0.356. The van der Waals surface area contributed by atoms with Gasteiger partial charge in [0.2, 0.25) is 0 Å². The van der Waals surface area contributed by atoms with Gasteiger partial charge in [0.05, 0.1) is 11.1 Å². The molecule has 0 saturated heterocycles. The lowest BCUT2D eigenvalue weighted by atomic mass is 10.1. The van der Waals surface area contributed by atoms with Crippen LogP contribution in [0, 0.1) is 5.82 Å². The summed E-state index contributed by atoms with van der Waals surface area (Å²) in [6.45, 7) is 2.95. The summed E-state index contributed by atoms with van der Waals surface area (Å²) < 4.78 is 13.4. The predicted molar refractivity (Wildman–Crippen MR) is 72.5 cm³/mol. The number of aromatic nitrogens is 3. The van der Waals surface area contributed by atoms with Crippen molar-refractivity contribution in [2.24, 2.45) is 0 Å². The molecule has 2 aromatic rings. The number of benzene rings is 1. The number of rotatable bonds is 6. The number of hydrogen-bond donors (Lipinski definition) is 2. The Kier molecular flexibility index (Phi) is 4.87. The highest BCUT2D eigenvalue weighted by atomic mass is 35.5. The van der Waals surface area contributed by atoms with Crippen molar-refractivity contribution in [3.8, 4) is 0 Å². The first kappa shape index (κ1) is 14.0. The first-order valence-corrected chi connectivity index (χ1v) is 6.61. The van der Waals surface area contributed by atoms with Crippen molar-refractivity contribution >= 4 is 11.6 Å². The fourth-order valence-corrected chi connectivity index (χ4v) is 1.99. The Hall–Kier alpha value is -1.46. The standard InChI is InChI=1S/C13H16ClFN4/c1-2-5-16-12(13-17-8-18-19-13)7-9-3-4-10(14)11(15)6-9/h3-4,6,8,12,16H,2,5,7H2,1H3,(H,17,18,19).